The Morgan fingerprint density at radius 3 is 2.36 bits per heavy atom. The van der Waals surface area contributed by atoms with Gasteiger partial charge in [0.1, 0.15) is 11.6 Å². The fourth-order valence-corrected chi connectivity index (χ4v) is 3.43. The molecule has 0 spiro atoms. The molecule has 3 aromatic rings. The summed E-state index contributed by atoms with van der Waals surface area (Å²) < 4.78 is 13.7. The van der Waals surface area contributed by atoms with Crippen LogP contribution in [0, 0.1) is 5.82 Å². The molecule has 28 heavy (non-hydrogen) atoms. The van der Waals surface area contributed by atoms with Gasteiger partial charge in [-0.05, 0) is 36.2 Å². The second-order valence-corrected chi connectivity index (χ2v) is 6.82. The van der Waals surface area contributed by atoms with Crippen LogP contribution in [0.15, 0.2) is 66.9 Å². The normalized spacial score (nSPS) is 14.2. The summed E-state index contributed by atoms with van der Waals surface area (Å²) in [5.74, 6) is 1.35. The number of aromatic nitrogens is 2. The van der Waals surface area contributed by atoms with Crippen LogP contribution in [0.25, 0.3) is 0 Å². The molecule has 0 bridgehead atoms. The third-order valence-electron chi connectivity index (χ3n) is 4.99. The van der Waals surface area contributed by atoms with Crippen molar-refractivity contribution in [2.24, 2.45) is 0 Å². The number of halogens is 1. The highest BCUT2D eigenvalue weighted by atomic mass is 19.1. The van der Waals surface area contributed by atoms with Crippen LogP contribution in [-0.4, -0.2) is 42.7 Å². The van der Waals surface area contributed by atoms with Gasteiger partial charge >= 0.3 is 0 Å². The van der Waals surface area contributed by atoms with E-state index in [1.807, 2.05) is 24.3 Å². The Morgan fingerprint density at radius 2 is 1.57 bits per heavy atom. The second kappa shape index (κ2) is 8.69. The van der Waals surface area contributed by atoms with Crippen molar-refractivity contribution in [3.05, 3.63) is 78.2 Å². The molecular formula is C22H24FN5. The number of hydrogen-bond donors (Lipinski definition) is 1. The van der Waals surface area contributed by atoms with Crippen LogP contribution in [0.5, 0.6) is 0 Å². The van der Waals surface area contributed by atoms with Gasteiger partial charge in [0, 0.05) is 44.6 Å². The Bertz CT molecular complexity index is 894. The first-order chi connectivity index (χ1) is 13.8. The Morgan fingerprint density at radius 1 is 0.857 bits per heavy atom. The van der Waals surface area contributed by atoms with Gasteiger partial charge in [0.25, 0.3) is 0 Å². The molecule has 0 aliphatic carbocycles. The second-order valence-electron chi connectivity index (χ2n) is 6.82. The first-order valence-electron chi connectivity index (χ1n) is 9.65. The quantitative estimate of drug-likeness (QED) is 0.711. The van der Waals surface area contributed by atoms with Gasteiger partial charge in [-0.3, -0.25) is 0 Å². The average Bonchev–Trinajstić information content (AvgIpc) is 2.76. The molecule has 0 amide bonds. The lowest BCUT2D eigenvalue weighted by molar-refractivity contribution is 0.610. The van der Waals surface area contributed by atoms with Crippen molar-refractivity contribution in [3.8, 4) is 0 Å². The van der Waals surface area contributed by atoms with E-state index in [9.17, 15) is 4.39 Å². The van der Waals surface area contributed by atoms with E-state index >= 15 is 0 Å². The monoisotopic (exact) mass is 377 g/mol. The van der Waals surface area contributed by atoms with Crippen molar-refractivity contribution < 1.29 is 4.39 Å². The summed E-state index contributed by atoms with van der Waals surface area (Å²) >= 11 is 0. The third kappa shape index (κ3) is 4.39. The number of benzene rings is 2. The molecule has 1 N–H and O–H groups in total. The predicted octanol–water partition coefficient (Wildman–Crippen LogP) is 3.60. The third-order valence-corrected chi connectivity index (χ3v) is 4.99. The van der Waals surface area contributed by atoms with Crippen molar-refractivity contribution in [3.63, 3.8) is 0 Å². The zero-order valence-corrected chi connectivity index (χ0v) is 15.8. The van der Waals surface area contributed by atoms with Crippen molar-refractivity contribution in [2.75, 3.05) is 47.8 Å². The Kier molecular flexibility index (Phi) is 5.66. The van der Waals surface area contributed by atoms with Crippen LogP contribution in [0.3, 0.4) is 0 Å². The van der Waals surface area contributed by atoms with E-state index in [2.05, 4.69) is 49.4 Å². The number of nitrogens with one attached hydrogen (secondary N) is 1. The highest BCUT2D eigenvalue weighted by Gasteiger charge is 2.19. The Hall–Kier alpha value is -3.15. The molecule has 1 fully saturated rings. The standard InChI is InChI=1S/C22H24FN5/c23-20-9-5-4-6-18(20)10-12-24-21-11-13-25-22(26-21)28-16-14-27(15-17-28)19-7-2-1-3-8-19/h1-9,11,13H,10,12,14-17H2,(H,24,25,26). The smallest absolute Gasteiger partial charge is 0.227 e. The zero-order chi connectivity index (χ0) is 19.2. The predicted molar refractivity (Wildman–Crippen MR) is 111 cm³/mol. The molecule has 5 nitrogen and oxygen atoms in total. The molecule has 0 saturated carbocycles. The van der Waals surface area contributed by atoms with E-state index in [0.717, 1.165) is 37.9 Å². The molecule has 6 heteroatoms. The summed E-state index contributed by atoms with van der Waals surface area (Å²) in [7, 11) is 0. The van der Waals surface area contributed by atoms with Gasteiger partial charge in [0.05, 0.1) is 0 Å². The van der Waals surface area contributed by atoms with Gasteiger partial charge in [-0.25, -0.2) is 9.37 Å². The molecular weight excluding hydrogens is 353 g/mol. The molecule has 0 atom stereocenters. The van der Waals surface area contributed by atoms with Gasteiger partial charge in [-0.1, -0.05) is 36.4 Å². The van der Waals surface area contributed by atoms with E-state index in [4.69, 9.17) is 0 Å². The van der Waals surface area contributed by atoms with E-state index in [0.29, 0.717) is 18.5 Å². The maximum atomic E-state index is 13.7. The van der Waals surface area contributed by atoms with E-state index < -0.39 is 0 Å². The molecule has 1 aromatic heterocycles. The molecule has 4 rings (SSSR count). The highest BCUT2D eigenvalue weighted by molar-refractivity contribution is 5.49. The molecule has 0 unspecified atom stereocenters. The molecule has 1 aliphatic heterocycles. The lowest BCUT2D eigenvalue weighted by Crippen LogP contribution is -2.47. The lowest BCUT2D eigenvalue weighted by Gasteiger charge is -2.36. The summed E-state index contributed by atoms with van der Waals surface area (Å²) in [5, 5.41) is 3.28. The fraction of sp³-hybridized carbons (Fsp3) is 0.273. The number of nitrogens with zero attached hydrogens (tertiary/aromatic N) is 4. The molecule has 1 aliphatic rings. The topological polar surface area (TPSA) is 44.3 Å². The first-order valence-corrected chi connectivity index (χ1v) is 9.65. The minimum atomic E-state index is -0.163. The number of piperazine rings is 1. The number of rotatable bonds is 6. The summed E-state index contributed by atoms with van der Waals surface area (Å²) in [6, 6.07) is 19.2. The van der Waals surface area contributed by atoms with Crippen LogP contribution >= 0.6 is 0 Å². The summed E-state index contributed by atoms with van der Waals surface area (Å²) in [6.07, 6.45) is 2.39. The van der Waals surface area contributed by atoms with Crippen LogP contribution < -0.4 is 15.1 Å². The maximum Gasteiger partial charge on any atom is 0.227 e. The van der Waals surface area contributed by atoms with Crippen molar-refractivity contribution in [1.82, 2.24) is 9.97 Å². The van der Waals surface area contributed by atoms with Gasteiger partial charge in [0.2, 0.25) is 5.95 Å². The SMILES string of the molecule is Fc1ccccc1CCNc1ccnc(N2CCN(c3ccccc3)CC2)n1. The molecule has 2 aromatic carbocycles. The molecule has 0 radical (unpaired) electrons. The number of anilines is 3. The van der Waals surface area contributed by atoms with Crippen molar-refractivity contribution in [2.45, 2.75) is 6.42 Å². The summed E-state index contributed by atoms with van der Waals surface area (Å²) in [4.78, 5) is 13.7. The number of hydrogen-bond acceptors (Lipinski definition) is 5. The Balaban J connectivity index is 1.32. The largest absolute Gasteiger partial charge is 0.370 e. The van der Waals surface area contributed by atoms with Gasteiger partial charge in [0.15, 0.2) is 0 Å². The van der Waals surface area contributed by atoms with E-state index in [-0.39, 0.29) is 5.82 Å². The Labute approximate surface area is 164 Å². The minimum absolute atomic E-state index is 0.163. The average molecular weight is 377 g/mol. The summed E-state index contributed by atoms with van der Waals surface area (Å²) in [6.45, 7) is 4.27. The van der Waals surface area contributed by atoms with Gasteiger partial charge in [-0.2, -0.15) is 4.98 Å². The molecule has 2 heterocycles. The summed E-state index contributed by atoms with van der Waals surface area (Å²) in [5.41, 5.74) is 1.97. The fourth-order valence-electron chi connectivity index (χ4n) is 3.43. The van der Waals surface area contributed by atoms with Crippen molar-refractivity contribution in [1.29, 1.82) is 0 Å². The van der Waals surface area contributed by atoms with Crippen LogP contribution in [0.1, 0.15) is 5.56 Å². The first kappa shape index (κ1) is 18.2. The molecule has 1 saturated heterocycles. The van der Waals surface area contributed by atoms with Gasteiger partial charge < -0.3 is 15.1 Å². The van der Waals surface area contributed by atoms with Crippen LogP contribution in [0.2, 0.25) is 0 Å². The maximum absolute atomic E-state index is 13.7. The van der Waals surface area contributed by atoms with Crippen molar-refractivity contribution >= 4 is 17.5 Å². The lowest BCUT2D eigenvalue weighted by atomic mass is 10.1. The minimum Gasteiger partial charge on any atom is -0.370 e. The van der Waals surface area contributed by atoms with Crippen LogP contribution in [0.4, 0.5) is 21.8 Å². The molecule has 144 valence electrons. The van der Waals surface area contributed by atoms with E-state index in [1.165, 1.54) is 11.8 Å². The highest BCUT2D eigenvalue weighted by Crippen LogP contribution is 2.18. The van der Waals surface area contributed by atoms with Gasteiger partial charge in [-0.15, -0.1) is 0 Å². The number of para-hydroxylation sites is 1. The zero-order valence-electron chi connectivity index (χ0n) is 15.8. The van der Waals surface area contributed by atoms with E-state index in [1.54, 1.807) is 12.3 Å². The van der Waals surface area contributed by atoms with Crippen LogP contribution in [-0.2, 0) is 6.42 Å².